The van der Waals surface area contributed by atoms with E-state index in [-0.39, 0.29) is 17.2 Å². The zero-order chi connectivity index (χ0) is 28.1. The highest BCUT2D eigenvalue weighted by atomic mass is 16.5. The Morgan fingerprint density at radius 2 is 1.80 bits per heavy atom. The number of carbonyl (C=O) groups is 1. The van der Waals surface area contributed by atoms with Gasteiger partial charge in [0, 0.05) is 74.5 Å². The SMILES string of the molecule is CC(=O)N1CCC(c2nc(-c3cncc([C@@](O)(c4ccc(C(C)C)cc4)C4(C)CN(CC5CC5)C4)c3)no2)CC1. The van der Waals surface area contributed by atoms with Gasteiger partial charge in [-0.05, 0) is 54.7 Å². The molecule has 3 aromatic rings. The summed E-state index contributed by atoms with van der Waals surface area (Å²) in [5.74, 6) is 2.55. The maximum absolute atomic E-state index is 12.7. The molecule has 2 aromatic heterocycles. The lowest BCUT2D eigenvalue weighted by Gasteiger charge is -2.57. The van der Waals surface area contributed by atoms with Crippen molar-refractivity contribution in [1.82, 2.24) is 24.9 Å². The van der Waals surface area contributed by atoms with E-state index in [0.717, 1.165) is 55.1 Å². The van der Waals surface area contributed by atoms with Crippen LogP contribution in [0.15, 0.2) is 47.2 Å². The number of piperidine rings is 1. The third-order valence-corrected chi connectivity index (χ3v) is 9.37. The summed E-state index contributed by atoms with van der Waals surface area (Å²) in [6, 6.07) is 10.4. The molecule has 8 nitrogen and oxygen atoms in total. The minimum atomic E-state index is -1.22. The molecule has 1 aliphatic carbocycles. The van der Waals surface area contributed by atoms with Crippen LogP contribution in [0.1, 0.15) is 87.8 Å². The van der Waals surface area contributed by atoms with E-state index in [0.29, 0.717) is 30.7 Å². The van der Waals surface area contributed by atoms with Gasteiger partial charge in [-0.15, -0.1) is 0 Å². The molecule has 0 bridgehead atoms. The largest absolute Gasteiger partial charge is 0.380 e. The van der Waals surface area contributed by atoms with Crippen molar-refractivity contribution in [2.45, 2.75) is 70.8 Å². The Morgan fingerprint density at radius 1 is 1.10 bits per heavy atom. The van der Waals surface area contributed by atoms with Crippen LogP contribution in [0.25, 0.3) is 11.4 Å². The van der Waals surface area contributed by atoms with E-state index in [1.54, 1.807) is 19.3 Å². The van der Waals surface area contributed by atoms with Crippen molar-refractivity contribution < 1.29 is 14.4 Å². The van der Waals surface area contributed by atoms with Crippen LogP contribution in [0.5, 0.6) is 0 Å². The summed E-state index contributed by atoms with van der Waals surface area (Å²) in [4.78, 5) is 25.3. The number of pyridine rings is 1. The highest BCUT2D eigenvalue weighted by Crippen LogP contribution is 2.51. The zero-order valence-corrected chi connectivity index (χ0v) is 24.1. The number of hydrogen-bond donors (Lipinski definition) is 1. The van der Waals surface area contributed by atoms with E-state index in [4.69, 9.17) is 9.51 Å². The van der Waals surface area contributed by atoms with E-state index in [1.807, 2.05) is 11.0 Å². The Kier molecular flexibility index (Phi) is 7.03. The van der Waals surface area contributed by atoms with E-state index in [1.165, 1.54) is 18.4 Å². The number of benzene rings is 1. The number of aliphatic hydroxyl groups is 1. The van der Waals surface area contributed by atoms with Gasteiger partial charge in [-0.2, -0.15) is 4.98 Å². The second-order valence-corrected chi connectivity index (χ2v) is 12.9. The maximum Gasteiger partial charge on any atom is 0.230 e. The van der Waals surface area contributed by atoms with E-state index < -0.39 is 5.60 Å². The normalized spacial score (nSPS) is 21.3. The summed E-state index contributed by atoms with van der Waals surface area (Å²) in [6.07, 6.45) is 7.78. The number of rotatable bonds is 8. The molecule has 0 radical (unpaired) electrons. The molecule has 0 unspecified atom stereocenters. The summed E-state index contributed by atoms with van der Waals surface area (Å²) in [6.45, 7) is 12.4. The number of amides is 1. The van der Waals surface area contributed by atoms with Crippen molar-refractivity contribution in [2.24, 2.45) is 11.3 Å². The van der Waals surface area contributed by atoms with Crippen molar-refractivity contribution >= 4 is 5.91 Å². The average molecular weight is 544 g/mol. The smallest absolute Gasteiger partial charge is 0.230 e. The quantitative estimate of drug-likeness (QED) is 0.430. The lowest BCUT2D eigenvalue weighted by molar-refractivity contribution is -0.136. The van der Waals surface area contributed by atoms with Crippen LogP contribution in [0, 0.1) is 11.3 Å². The average Bonchev–Trinajstić information content (AvgIpc) is 3.63. The van der Waals surface area contributed by atoms with Crippen molar-refractivity contribution in [3.63, 3.8) is 0 Å². The predicted octanol–water partition coefficient (Wildman–Crippen LogP) is 4.95. The first-order chi connectivity index (χ1) is 19.2. The topological polar surface area (TPSA) is 95.6 Å². The number of likely N-dealkylation sites (tertiary alicyclic amines) is 2. The highest BCUT2D eigenvalue weighted by molar-refractivity contribution is 5.73. The number of nitrogens with zero attached hydrogens (tertiary/aromatic N) is 5. The fourth-order valence-corrected chi connectivity index (χ4v) is 6.66. The Bertz CT molecular complexity index is 1350. The van der Waals surface area contributed by atoms with Crippen LogP contribution < -0.4 is 0 Å². The minimum absolute atomic E-state index is 0.106. The summed E-state index contributed by atoms with van der Waals surface area (Å²) in [5.41, 5.74) is 2.02. The van der Waals surface area contributed by atoms with Crippen LogP contribution in [-0.4, -0.2) is 68.7 Å². The Balaban J connectivity index is 1.30. The Morgan fingerprint density at radius 3 is 2.42 bits per heavy atom. The molecule has 3 fully saturated rings. The van der Waals surface area contributed by atoms with Crippen LogP contribution in [0.2, 0.25) is 0 Å². The number of carbonyl (C=O) groups excluding carboxylic acids is 1. The van der Waals surface area contributed by atoms with Gasteiger partial charge in [0.2, 0.25) is 17.6 Å². The zero-order valence-electron chi connectivity index (χ0n) is 24.1. The van der Waals surface area contributed by atoms with Crippen molar-refractivity contribution in [2.75, 3.05) is 32.7 Å². The first kappa shape index (κ1) is 27.1. The third kappa shape index (κ3) is 4.96. The minimum Gasteiger partial charge on any atom is -0.380 e. The van der Waals surface area contributed by atoms with Crippen LogP contribution in [0.3, 0.4) is 0 Å². The van der Waals surface area contributed by atoms with Gasteiger partial charge in [-0.3, -0.25) is 9.78 Å². The van der Waals surface area contributed by atoms with Gasteiger partial charge in [0.25, 0.3) is 0 Å². The molecule has 1 saturated carbocycles. The molecule has 40 heavy (non-hydrogen) atoms. The molecule has 1 amide bonds. The summed E-state index contributed by atoms with van der Waals surface area (Å²) in [5, 5.41) is 17.0. The molecule has 3 aliphatic rings. The summed E-state index contributed by atoms with van der Waals surface area (Å²) in [7, 11) is 0. The summed E-state index contributed by atoms with van der Waals surface area (Å²) < 4.78 is 5.69. The monoisotopic (exact) mass is 543 g/mol. The molecule has 1 N–H and O–H groups in total. The lowest BCUT2D eigenvalue weighted by Crippen LogP contribution is -2.65. The standard InChI is InChI=1S/C32H41N5O3/c1-21(2)24-7-9-27(10-8-24)32(39,31(4)19-36(20-31)18-23-5-6-23)28-15-26(16-33-17-28)29-34-30(40-35-29)25-11-13-37(14-12-25)22(3)38/h7-10,15-17,21,23,25,39H,5-6,11-14,18-20H2,1-4H3/t32-/m0/s1. The molecular formula is C32H41N5O3. The van der Waals surface area contributed by atoms with Gasteiger partial charge in [0.05, 0.1) is 0 Å². The predicted molar refractivity (Wildman–Crippen MR) is 153 cm³/mol. The van der Waals surface area contributed by atoms with Gasteiger partial charge in [-0.25, -0.2) is 0 Å². The van der Waals surface area contributed by atoms with Crippen LogP contribution in [-0.2, 0) is 10.4 Å². The molecule has 2 aliphatic heterocycles. The van der Waals surface area contributed by atoms with Gasteiger partial charge >= 0.3 is 0 Å². The third-order valence-electron chi connectivity index (χ3n) is 9.37. The van der Waals surface area contributed by atoms with Gasteiger partial charge in [0.15, 0.2) is 0 Å². The number of hydrogen-bond acceptors (Lipinski definition) is 7. The van der Waals surface area contributed by atoms with Crippen LogP contribution >= 0.6 is 0 Å². The van der Waals surface area contributed by atoms with Crippen LogP contribution in [0.4, 0.5) is 0 Å². The molecule has 0 spiro atoms. The highest BCUT2D eigenvalue weighted by Gasteiger charge is 2.56. The Hall–Kier alpha value is -3.10. The number of aromatic nitrogens is 3. The maximum atomic E-state index is 12.7. The van der Waals surface area contributed by atoms with E-state index in [2.05, 4.69) is 60.1 Å². The first-order valence-electron chi connectivity index (χ1n) is 14.8. The molecule has 8 heteroatoms. The van der Waals surface area contributed by atoms with Crippen molar-refractivity contribution in [3.8, 4) is 11.4 Å². The van der Waals surface area contributed by atoms with Gasteiger partial charge in [-0.1, -0.05) is 50.2 Å². The molecule has 1 atom stereocenters. The molecule has 6 rings (SSSR count). The van der Waals surface area contributed by atoms with Crippen molar-refractivity contribution in [3.05, 3.63) is 65.3 Å². The second-order valence-electron chi connectivity index (χ2n) is 12.9. The second kappa shape index (κ2) is 10.4. The molecule has 1 aromatic carbocycles. The molecule has 4 heterocycles. The fraction of sp³-hybridized carbons (Fsp3) is 0.562. The first-order valence-corrected chi connectivity index (χ1v) is 14.8. The molecule has 2 saturated heterocycles. The van der Waals surface area contributed by atoms with E-state index >= 15 is 0 Å². The Labute approximate surface area is 236 Å². The summed E-state index contributed by atoms with van der Waals surface area (Å²) >= 11 is 0. The molecule has 212 valence electrons. The van der Waals surface area contributed by atoms with E-state index in [9.17, 15) is 9.90 Å². The fourth-order valence-electron chi connectivity index (χ4n) is 6.66. The molecular weight excluding hydrogens is 502 g/mol. The lowest BCUT2D eigenvalue weighted by atomic mass is 9.62. The van der Waals surface area contributed by atoms with Gasteiger partial charge < -0.3 is 19.4 Å². The van der Waals surface area contributed by atoms with Gasteiger partial charge in [0.1, 0.15) is 5.60 Å². The van der Waals surface area contributed by atoms with Crippen molar-refractivity contribution in [1.29, 1.82) is 0 Å².